The molecule has 15 heavy (non-hydrogen) atoms. The Morgan fingerprint density at radius 1 is 1.40 bits per heavy atom. The predicted octanol–water partition coefficient (Wildman–Crippen LogP) is 2.57. The molecule has 3 nitrogen and oxygen atoms in total. The Morgan fingerprint density at radius 3 is 2.93 bits per heavy atom. The highest BCUT2D eigenvalue weighted by molar-refractivity contribution is 9.10. The van der Waals surface area contributed by atoms with Gasteiger partial charge in [0.05, 0.1) is 6.54 Å². The fourth-order valence-corrected chi connectivity index (χ4v) is 1.77. The number of benzene rings is 1. The standard InChI is InChI=1S/C11H8BrN3/c12-10-4-2-1-3-9(10)8-15-6-5-14-11(15)7-13/h1-6H,8H2. The van der Waals surface area contributed by atoms with Gasteiger partial charge in [-0.25, -0.2) is 4.98 Å². The van der Waals surface area contributed by atoms with Crippen molar-refractivity contribution in [1.29, 1.82) is 5.26 Å². The van der Waals surface area contributed by atoms with Crippen molar-refractivity contribution in [2.24, 2.45) is 0 Å². The van der Waals surface area contributed by atoms with Crippen molar-refractivity contribution in [3.63, 3.8) is 0 Å². The summed E-state index contributed by atoms with van der Waals surface area (Å²) >= 11 is 3.47. The number of imidazole rings is 1. The topological polar surface area (TPSA) is 41.6 Å². The fourth-order valence-electron chi connectivity index (χ4n) is 1.36. The third-order valence-electron chi connectivity index (χ3n) is 2.11. The van der Waals surface area contributed by atoms with Gasteiger partial charge in [0, 0.05) is 16.9 Å². The van der Waals surface area contributed by atoms with E-state index in [-0.39, 0.29) is 0 Å². The maximum Gasteiger partial charge on any atom is 0.213 e. The van der Waals surface area contributed by atoms with E-state index in [0.717, 1.165) is 10.0 Å². The van der Waals surface area contributed by atoms with Crippen LogP contribution in [0.25, 0.3) is 0 Å². The average Bonchev–Trinajstić information content (AvgIpc) is 2.69. The van der Waals surface area contributed by atoms with Crippen molar-refractivity contribution in [3.05, 3.63) is 52.5 Å². The molecule has 0 fully saturated rings. The molecule has 2 rings (SSSR count). The molecule has 1 heterocycles. The predicted molar refractivity (Wildman–Crippen MR) is 60.2 cm³/mol. The Balaban J connectivity index is 2.31. The van der Waals surface area contributed by atoms with Crippen LogP contribution in [0.3, 0.4) is 0 Å². The Kier molecular flexibility index (Phi) is 2.84. The largest absolute Gasteiger partial charge is 0.318 e. The molecule has 1 aromatic heterocycles. The van der Waals surface area contributed by atoms with E-state index in [4.69, 9.17) is 5.26 Å². The summed E-state index contributed by atoms with van der Waals surface area (Å²) in [7, 11) is 0. The van der Waals surface area contributed by atoms with E-state index in [2.05, 4.69) is 27.0 Å². The summed E-state index contributed by atoms with van der Waals surface area (Å²) in [6.45, 7) is 0.657. The number of hydrogen-bond donors (Lipinski definition) is 0. The van der Waals surface area contributed by atoms with Crippen LogP contribution in [-0.2, 0) is 6.54 Å². The van der Waals surface area contributed by atoms with Crippen LogP contribution in [-0.4, -0.2) is 9.55 Å². The molecule has 0 saturated heterocycles. The number of rotatable bonds is 2. The van der Waals surface area contributed by atoms with E-state index in [1.54, 1.807) is 12.4 Å². The lowest BCUT2D eigenvalue weighted by atomic mass is 10.2. The highest BCUT2D eigenvalue weighted by atomic mass is 79.9. The molecular weight excluding hydrogens is 254 g/mol. The van der Waals surface area contributed by atoms with Gasteiger partial charge in [0.1, 0.15) is 6.07 Å². The monoisotopic (exact) mass is 261 g/mol. The average molecular weight is 262 g/mol. The molecule has 4 heteroatoms. The van der Waals surface area contributed by atoms with Gasteiger partial charge in [-0.05, 0) is 11.6 Å². The van der Waals surface area contributed by atoms with Gasteiger partial charge in [-0.1, -0.05) is 34.1 Å². The maximum absolute atomic E-state index is 8.81. The second-order valence-corrected chi connectivity index (χ2v) is 3.94. The molecule has 0 saturated carbocycles. The zero-order chi connectivity index (χ0) is 10.7. The smallest absolute Gasteiger partial charge is 0.213 e. The number of nitrogens with zero attached hydrogens (tertiary/aromatic N) is 3. The van der Waals surface area contributed by atoms with Gasteiger partial charge in [0.25, 0.3) is 0 Å². The Hall–Kier alpha value is -1.60. The normalized spacial score (nSPS) is 9.87. The quantitative estimate of drug-likeness (QED) is 0.834. The number of nitriles is 1. The van der Waals surface area contributed by atoms with Crippen LogP contribution in [0.15, 0.2) is 41.1 Å². The van der Waals surface area contributed by atoms with Gasteiger partial charge in [-0.15, -0.1) is 0 Å². The molecule has 2 aromatic rings. The molecule has 74 valence electrons. The summed E-state index contributed by atoms with van der Waals surface area (Å²) in [5.74, 6) is 0.436. The molecule has 0 radical (unpaired) electrons. The Labute approximate surface area is 96.1 Å². The van der Waals surface area contributed by atoms with Gasteiger partial charge in [0.15, 0.2) is 0 Å². The first-order valence-corrected chi connectivity index (χ1v) is 5.25. The van der Waals surface area contributed by atoms with Gasteiger partial charge >= 0.3 is 0 Å². The molecular formula is C11H8BrN3. The zero-order valence-corrected chi connectivity index (χ0v) is 9.48. The van der Waals surface area contributed by atoms with Crippen LogP contribution in [0.5, 0.6) is 0 Å². The number of aromatic nitrogens is 2. The summed E-state index contributed by atoms with van der Waals surface area (Å²) in [4.78, 5) is 3.95. The van der Waals surface area contributed by atoms with Gasteiger partial charge in [-0.2, -0.15) is 5.26 Å². The first-order valence-electron chi connectivity index (χ1n) is 4.46. The zero-order valence-electron chi connectivity index (χ0n) is 7.89. The number of hydrogen-bond acceptors (Lipinski definition) is 2. The van der Waals surface area contributed by atoms with Crippen molar-refractivity contribution in [3.8, 4) is 6.07 Å². The maximum atomic E-state index is 8.81. The minimum Gasteiger partial charge on any atom is -0.318 e. The first-order chi connectivity index (χ1) is 7.31. The minimum atomic E-state index is 0.436. The lowest BCUT2D eigenvalue weighted by Crippen LogP contribution is -2.01. The Morgan fingerprint density at radius 2 is 2.20 bits per heavy atom. The van der Waals surface area contributed by atoms with Gasteiger partial charge in [-0.3, -0.25) is 0 Å². The molecule has 0 aliphatic carbocycles. The van der Waals surface area contributed by atoms with Crippen LogP contribution in [0, 0.1) is 11.3 Å². The highest BCUT2D eigenvalue weighted by Crippen LogP contribution is 2.17. The third kappa shape index (κ3) is 2.08. The molecule has 0 aliphatic heterocycles. The second kappa shape index (κ2) is 4.28. The molecule has 0 N–H and O–H groups in total. The lowest BCUT2D eigenvalue weighted by molar-refractivity contribution is 0.779. The van der Waals surface area contributed by atoms with Crippen molar-refractivity contribution < 1.29 is 0 Å². The molecule has 1 aromatic carbocycles. The molecule has 0 amide bonds. The number of halogens is 1. The third-order valence-corrected chi connectivity index (χ3v) is 2.89. The van der Waals surface area contributed by atoms with Crippen molar-refractivity contribution in [1.82, 2.24) is 9.55 Å². The lowest BCUT2D eigenvalue weighted by Gasteiger charge is -2.05. The van der Waals surface area contributed by atoms with Crippen LogP contribution in [0.1, 0.15) is 11.4 Å². The van der Waals surface area contributed by atoms with E-state index >= 15 is 0 Å². The van der Waals surface area contributed by atoms with Crippen LogP contribution in [0.4, 0.5) is 0 Å². The summed E-state index contributed by atoms with van der Waals surface area (Å²) in [6, 6.07) is 10.00. The van der Waals surface area contributed by atoms with E-state index in [9.17, 15) is 0 Å². The van der Waals surface area contributed by atoms with E-state index < -0.39 is 0 Å². The van der Waals surface area contributed by atoms with E-state index in [1.807, 2.05) is 28.8 Å². The molecule has 0 atom stereocenters. The van der Waals surface area contributed by atoms with Crippen LogP contribution < -0.4 is 0 Å². The molecule has 0 spiro atoms. The fraction of sp³-hybridized carbons (Fsp3) is 0.0909. The Bertz CT molecular complexity index is 511. The second-order valence-electron chi connectivity index (χ2n) is 3.08. The van der Waals surface area contributed by atoms with E-state index in [1.165, 1.54) is 0 Å². The van der Waals surface area contributed by atoms with Crippen LogP contribution in [0.2, 0.25) is 0 Å². The summed E-state index contributed by atoms with van der Waals surface area (Å²) in [6.07, 6.45) is 3.44. The summed E-state index contributed by atoms with van der Waals surface area (Å²) < 4.78 is 2.86. The first kappa shape index (κ1) is 9.94. The van der Waals surface area contributed by atoms with Crippen LogP contribution >= 0.6 is 15.9 Å². The minimum absolute atomic E-state index is 0.436. The van der Waals surface area contributed by atoms with Crippen molar-refractivity contribution in [2.45, 2.75) is 6.54 Å². The SMILES string of the molecule is N#Cc1nccn1Cc1ccccc1Br. The molecule has 0 unspecified atom stereocenters. The van der Waals surface area contributed by atoms with Crippen molar-refractivity contribution in [2.75, 3.05) is 0 Å². The van der Waals surface area contributed by atoms with Crippen molar-refractivity contribution >= 4 is 15.9 Å². The summed E-state index contributed by atoms with van der Waals surface area (Å²) in [5.41, 5.74) is 1.13. The summed E-state index contributed by atoms with van der Waals surface area (Å²) in [5, 5.41) is 8.81. The molecule has 0 bridgehead atoms. The highest BCUT2D eigenvalue weighted by Gasteiger charge is 2.03. The molecule has 0 aliphatic rings. The van der Waals surface area contributed by atoms with Gasteiger partial charge in [0.2, 0.25) is 5.82 Å². The van der Waals surface area contributed by atoms with Gasteiger partial charge < -0.3 is 4.57 Å². The van der Waals surface area contributed by atoms with E-state index in [0.29, 0.717) is 12.4 Å².